The highest BCUT2D eigenvalue weighted by atomic mass is 127. The second-order valence-electron chi connectivity index (χ2n) is 6.51. The lowest BCUT2D eigenvalue weighted by Gasteiger charge is -2.21. The molecule has 162 valence electrons. The summed E-state index contributed by atoms with van der Waals surface area (Å²) in [5, 5.41) is 9.45. The van der Waals surface area contributed by atoms with Gasteiger partial charge in [0.2, 0.25) is 0 Å². The lowest BCUT2D eigenvalue weighted by atomic mass is 10.0. The van der Waals surface area contributed by atoms with E-state index in [1.54, 1.807) is 7.05 Å². The summed E-state index contributed by atoms with van der Waals surface area (Å²) < 4.78 is 51.0. The minimum Gasteiger partial charge on any atom is -0.381 e. The van der Waals surface area contributed by atoms with Crippen LogP contribution in [0.2, 0.25) is 0 Å². The molecule has 0 bridgehead atoms. The van der Waals surface area contributed by atoms with Gasteiger partial charge in [-0.25, -0.2) is 0 Å². The molecule has 0 amide bonds. The van der Waals surface area contributed by atoms with Crippen molar-refractivity contribution in [2.45, 2.75) is 32.0 Å². The molecule has 0 saturated carbocycles. The van der Waals surface area contributed by atoms with Crippen LogP contribution in [0.25, 0.3) is 0 Å². The molecule has 2 N–H and O–H groups in total. The van der Waals surface area contributed by atoms with Crippen molar-refractivity contribution in [1.29, 1.82) is 0 Å². The summed E-state index contributed by atoms with van der Waals surface area (Å²) in [7, 11) is 3.04. The predicted molar refractivity (Wildman–Crippen MR) is 111 cm³/mol. The monoisotopic (exact) mass is 519 g/mol. The third-order valence-electron chi connectivity index (χ3n) is 4.30. The Morgan fingerprint density at radius 3 is 2.71 bits per heavy atom. The van der Waals surface area contributed by atoms with Crippen LogP contribution in [0, 0.1) is 5.92 Å². The molecule has 1 saturated heterocycles. The van der Waals surface area contributed by atoms with Gasteiger partial charge in [-0.1, -0.05) is 0 Å². The number of rotatable bonds is 8. The number of halogens is 4. The number of aliphatic imine (C=N–C) groups is 1. The minimum atomic E-state index is -4.48. The first kappa shape index (κ1) is 25.0. The number of ether oxygens (including phenoxy) is 2. The van der Waals surface area contributed by atoms with Gasteiger partial charge in [0.25, 0.3) is 0 Å². The van der Waals surface area contributed by atoms with Gasteiger partial charge >= 0.3 is 6.18 Å². The van der Waals surface area contributed by atoms with E-state index >= 15 is 0 Å². The summed E-state index contributed by atoms with van der Waals surface area (Å²) in [4.78, 5) is 4.02. The average molecular weight is 519 g/mol. The van der Waals surface area contributed by atoms with E-state index in [1.807, 2.05) is 0 Å². The standard InChI is InChI=1S/C17H28F3N5O2.HI/c1-21-16(22-6-3-7-27-12-13-4-8-26-9-5-13)23-10-14-11-25(2)24-15(14)17(18,19)20;/h11,13H,3-10,12H2,1-2H3,(H2,21,22,23);1H. The van der Waals surface area contributed by atoms with E-state index in [9.17, 15) is 13.2 Å². The van der Waals surface area contributed by atoms with Crippen molar-refractivity contribution < 1.29 is 22.6 Å². The Morgan fingerprint density at radius 2 is 2.07 bits per heavy atom. The second-order valence-corrected chi connectivity index (χ2v) is 6.51. The number of guanidine groups is 1. The molecule has 0 aromatic carbocycles. The van der Waals surface area contributed by atoms with Gasteiger partial charge in [-0.3, -0.25) is 9.67 Å². The summed E-state index contributed by atoms with van der Waals surface area (Å²) in [6, 6.07) is 0. The van der Waals surface area contributed by atoms with E-state index in [4.69, 9.17) is 9.47 Å². The fraction of sp³-hybridized carbons (Fsp3) is 0.765. The Kier molecular flexibility index (Phi) is 11.1. The van der Waals surface area contributed by atoms with E-state index < -0.39 is 11.9 Å². The Labute approximate surface area is 180 Å². The van der Waals surface area contributed by atoms with Crippen LogP contribution in [0.1, 0.15) is 30.5 Å². The quantitative estimate of drug-likeness (QED) is 0.239. The van der Waals surface area contributed by atoms with Crippen molar-refractivity contribution >= 4 is 29.9 Å². The lowest BCUT2D eigenvalue weighted by Crippen LogP contribution is -2.37. The Bertz CT molecular complexity index is 604. The lowest BCUT2D eigenvalue weighted by molar-refractivity contribution is -0.142. The zero-order chi connectivity index (χ0) is 19.7. The summed E-state index contributed by atoms with van der Waals surface area (Å²) >= 11 is 0. The van der Waals surface area contributed by atoms with E-state index in [-0.39, 0.29) is 36.1 Å². The topological polar surface area (TPSA) is 72.7 Å². The summed E-state index contributed by atoms with van der Waals surface area (Å²) in [6.45, 7) is 3.60. The van der Waals surface area contributed by atoms with Crippen LogP contribution in [-0.2, 0) is 29.2 Å². The first-order chi connectivity index (χ1) is 12.9. The third kappa shape index (κ3) is 8.52. The molecule has 0 atom stereocenters. The van der Waals surface area contributed by atoms with E-state index in [1.165, 1.54) is 13.2 Å². The molecule has 0 spiro atoms. The highest BCUT2D eigenvalue weighted by Gasteiger charge is 2.36. The van der Waals surface area contributed by atoms with Gasteiger partial charge in [0, 0.05) is 65.4 Å². The largest absolute Gasteiger partial charge is 0.435 e. The summed E-state index contributed by atoms with van der Waals surface area (Å²) in [5.74, 6) is 1.01. The first-order valence-electron chi connectivity index (χ1n) is 9.10. The van der Waals surface area contributed by atoms with Gasteiger partial charge in [-0.05, 0) is 25.2 Å². The number of aromatic nitrogens is 2. The molecular weight excluding hydrogens is 490 g/mol. The molecule has 7 nitrogen and oxygen atoms in total. The van der Waals surface area contributed by atoms with Gasteiger partial charge in [0.15, 0.2) is 11.7 Å². The summed E-state index contributed by atoms with van der Waals surface area (Å²) in [6.07, 6.45) is -0.249. The van der Waals surface area contributed by atoms with Crippen molar-refractivity contribution in [2.24, 2.45) is 18.0 Å². The fourth-order valence-corrected chi connectivity index (χ4v) is 2.85. The van der Waals surface area contributed by atoms with Crippen LogP contribution in [0.4, 0.5) is 13.2 Å². The predicted octanol–water partition coefficient (Wildman–Crippen LogP) is 2.56. The number of hydrogen-bond acceptors (Lipinski definition) is 4. The van der Waals surface area contributed by atoms with Crippen LogP contribution < -0.4 is 10.6 Å². The molecule has 1 fully saturated rings. The number of nitrogens with one attached hydrogen (secondary N) is 2. The maximum atomic E-state index is 13.0. The summed E-state index contributed by atoms with van der Waals surface area (Å²) in [5.41, 5.74) is -0.804. The highest BCUT2D eigenvalue weighted by Crippen LogP contribution is 2.30. The van der Waals surface area contributed by atoms with Crippen molar-refractivity contribution in [2.75, 3.05) is 40.0 Å². The zero-order valence-corrected chi connectivity index (χ0v) is 18.5. The molecule has 0 unspecified atom stereocenters. The second kappa shape index (κ2) is 12.5. The number of nitrogens with zero attached hydrogens (tertiary/aromatic N) is 3. The molecule has 0 aliphatic carbocycles. The van der Waals surface area contributed by atoms with Gasteiger partial charge in [-0.2, -0.15) is 18.3 Å². The maximum absolute atomic E-state index is 13.0. The van der Waals surface area contributed by atoms with Crippen LogP contribution >= 0.6 is 24.0 Å². The molecule has 2 heterocycles. The van der Waals surface area contributed by atoms with Crippen LogP contribution in [0.15, 0.2) is 11.2 Å². The third-order valence-corrected chi connectivity index (χ3v) is 4.30. The fourth-order valence-electron chi connectivity index (χ4n) is 2.85. The molecular formula is C17H29F3IN5O2. The number of hydrogen-bond donors (Lipinski definition) is 2. The van der Waals surface area contributed by atoms with Gasteiger partial charge in [0.05, 0.1) is 0 Å². The zero-order valence-electron chi connectivity index (χ0n) is 16.2. The normalized spacial score (nSPS) is 16.0. The van der Waals surface area contributed by atoms with Crippen molar-refractivity contribution in [3.8, 4) is 0 Å². The molecule has 1 aliphatic heterocycles. The van der Waals surface area contributed by atoms with Gasteiger partial charge in [0.1, 0.15) is 0 Å². The van der Waals surface area contributed by atoms with E-state index in [0.717, 1.165) is 43.8 Å². The number of alkyl halides is 3. The molecule has 28 heavy (non-hydrogen) atoms. The van der Waals surface area contributed by atoms with Gasteiger partial charge < -0.3 is 20.1 Å². The van der Waals surface area contributed by atoms with E-state index in [2.05, 4.69) is 20.7 Å². The van der Waals surface area contributed by atoms with Crippen LogP contribution in [-0.4, -0.2) is 55.8 Å². The van der Waals surface area contributed by atoms with E-state index in [0.29, 0.717) is 25.0 Å². The Morgan fingerprint density at radius 1 is 1.36 bits per heavy atom. The molecule has 1 aromatic rings. The van der Waals surface area contributed by atoms with Crippen LogP contribution in [0.3, 0.4) is 0 Å². The molecule has 11 heteroatoms. The molecule has 1 aliphatic rings. The van der Waals surface area contributed by atoms with Crippen molar-refractivity contribution in [3.63, 3.8) is 0 Å². The SMILES string of the molecule is CN=C(NCCCOCC1CCOCC1)NCc1cn(C)nc1C(F)(F)F.I. The average Bonchev–Trinajstić information content (AvgIpc) is 3.02. The van der Waals surface area contributed by atoms with Crippen molar-refractivity contribution in [1.82, 2.24) is 20.4 Å². The van der Waals surface area contributed by atoms with Crippen molar-refractivity contribution in [3.05, 3.63) is 17.5 Å². The first-order valence-corrected chi connectivity index (χ1v) is 9.10. The maximum Gasteiger partial charge on any atom is 0.435 e. The molecule has 2 rings (SSSR count). The molecule has 1 aromatic heterocycles. The van der Waals surface area contributed by atoms with Crippen LogP contribution in [0.5, 0.6) is 0 Å². The Balaban J connectivity index is 0.00000392. The van der Waals surface area contributed by atoms with Gasteiger partial charge in [-0.15, -0.1) is 24.0 Å². The minimum absolute atomic E-state index is 0. The number of aryl methyl sites for hydroxylation is 1. The smallest absolute Gasteiger partial charge is 0.381 e. The molecule has 0 radical (unpaired) electrons. The highest BCUT2D eigenvalue weighted by molar-refractivity contribution is 14.0. The Hall–Kier alpha value is -1.08.